The van der Waals surface area contributed by atoms with Gasteiger partial charge in [-0.1, -0.05) is 37.6 Å². The third-order valence-electron chi connectivity index (χ3n) is 4.07. The van der Waals surface area contributed by atoms with Crippen LogP contribution in [0.5, 0.6) is 0 Å². The van der Waals surface area contributed by atoms with Gasteiger partial charge in [-0.25, -0.2) is 9.97 Å². The van der Waals surface area contributed by atoms with E-state index in [1.807, 2.05) is 24.3 Å². The molecule has 23 heavy (non-hydrogen) atoms. The zero-order chi connectivity index (χ0) is 16.2. The van der Waals surface area contributed by atoms with E-state index in [4.69, 9.17) is 21.6 Å². The van der Waals surface area contributed by atoms with Gasteiger partial charge in [0.25, 0.3) is 0 Å². The fourth-order valence-corrected chi connectivity index (χ4v) is 2.97. The SMILES string of the molecule is CC(C)c1cc(NC2CCCNC2)nc(-c2cccc(Cl)c2)n1. The predicted molar refractivity (Wildman–Crippen MR) is 96.1 cm³/mol. The number of hydrogen-bond donors (Lipinski definition) is 2. The Morgan fingerprint density at radius 1 is 1.26 bits per heavy atom. The van der Waals surface area contributed by atoms with E-state index in [1.54, 1.807) is 0 Å². The van der Waals surface area contributed by atoms with Crippen LogP contribution in [-0.2, 0) is 0 Å². The van der Waals surface area contributed by atoms with E-state index in [-0.39, 0.29) is 0 Å². The molecule has 1 unspecified atom stereocenters. The number of piperidine rings is 1. The van der Waals surface area contributed by atoms with Crippen LogP contribution in [0, 0.1) is 0 Å². The van der Waals surface area contributed by atoms with Gasteiger partial charge in [0, 0.05) is 34.9 Å². The van der Waals surface area contributed by atoms with Gasteiger partial charge in [0.15, 0.2) is 5.82 Å². The summed E-state index contributed by atoms with van der Waals surface area (Å²) in [6.07, 6.45) is 2.36. The van der Waals surface area contributed by atoms with Crippen molar-refractivity contribution in [3.05, 3.63) is 41.0 Å². The van der Waals surface area contributed by atoms with E-state index in [0.29, 0.717) is 17.0 Å². The lowest BCUT2D eigenvalue weighted by Gasteiger charge is -2.24. The number of benzene rings is 1. The summed E-state index contributed by atoms with van der Waals surface area (Å²) in [7, 11) is 0. The van der Waals surface area contributed by atoms with Crippen molar-refractivity contribution in [1.29, 1.82) is 0 Å². The second-order valence-corrected chi connectivity index (χ2v) is 6.79. The molecule has 0 radical (unpaired) electrons. The highest BCUT2D eigenvalue weighted by Crippen LogP contribution is 2.24. The minimum atomic E-state index is 0.348. The van der Waals surface area contributed by atoms with Crippen molar-refractivity contribution in [2.75, 3.05) is 18.4 Å². The number of hydrogen-bond acceptors (Lipinski definition) is 4. The van der Waals surface area contributed by atoms with Gasteiger partial charge < -0.3 is 10.6 Å². The second kappa shape index (κ2) is 7.28. The maximum absolute atomic E-state index is 6.11. The Labute approximate surface area is 142 Å². The summed E-state index contributed by atoms with van der Waals surface area (Å²) in [5.41, 5.74) is 1.99. The fraction of sp³-hybridized carbons (Fsp3) is 0.444. The first-order valence-corrected chi connectivity index (χ1v) is 8.62. The van der Waals surface area contributed by atoms with Crippen LogP contribution < -0.4 is 10.6 Å². The third-order valence-corrected chi connectivity index (χ3v) is 4.30. The van der Waals surface area contributed by atoms with Crippen LogP contribution in [0.2, 0.25) is 5.02 Å². The van der Waals surface area contributed by atoms with Crippen LogP contribution >= 0.6 is 11.6 Å². The molecule has 122 valence electrons. The van der Waals surface area contributed by atoms with E-state index in [9.17, 15) is 0 Å². The molecular weight excluding hydrogens is 308 g/mol. The number of halogens is 1. The summed E-state index contributed by atoms with van der Waals surface area (Å²) in [6, 6.07) is 10.2. The van der Waals surface area contributed by atoms with Crippen molar-refractivity contribution in [3.8, 4) is 11.4 Å². The van der Waals surface area contributed by atoms with Crippen molar-refractivity contribution in [2.45, 2.75) is 38.6 Å². The van der Waals surface area contributed by atoms with Gasteiger partial charge >= 0.3 is 0 Å². The minimum absolute atomic E-state index is 0.348. The highest BCUT2D eigenvalue weighted by Gasteiger charge is 2.15. The Kier molecular flexibility index (Phi) is 5.13. The first kappa shape index (κ1) is 16.2. The molecule has 0 saturated carbocycles. The summed E-state index contributed by atoms with van der Waals surface area (Å²) in [5, 5.41) is 7.68. The fourth-order valence-electron chi connectivity index (χ4n) is 2.78. The Hall–Kier alpha value is -1.65. The average molecular weight is 331 g/mol. The van der Waals surface area contributed by atoms with Gasteiger partial charge in [0.1, 0.15) is 5.82 Å². The molecular formula is C18H23ClN4. The molecule has 1 aliphatic rings. The highest BCUT2D eigenvalue weighted by molar-refractivity contribution is 6.30. The molecule has 0 amide bonds. The molecule has 5 heteroatoms. The highest BCUT2D eigenvalue weighted by atomic mass is 35.5. The van der Waals surface area contributed by atoms with Crippen LogP contribution in [0.25, 0.3) is 11.4 Å². The van der Waals surface area contributed by atoms with E-state index in [2.05, 4.69) is 30.5 Å². The summed E-state index contributed by atoms with van der Waals surface area (Å²) in [4.78, 5) is 9.42. The summed E-state index contributed by atoms with van der Waals surface area (Å²) in [5.74, 6) is 1.97. The van der Waals surface area contributed by atoms with Crippen LogP contribution in [0.3, 0.4) is 0 Å². The monoisotopic (exact) mass is 330 g/mol. The molecule has 2 N–H and O–H groups in total. The molecule has 0 spiro atoms. The second-order valence-electron chi connectivity index (χ2n) is 6.35. The number of nitrogens with one attached hydrogen (secondary N) is 2. The predicted octanol–water partition coefficient (Wildman–Crippen LogP) is 4.08. The minimum Gasteiger partial charge on any atom is -0.366 e. The number of anilines is 1. The molecule has 2 heterocycles. The van der Waals surface area contributed by atoms with Crippen LogP contribution in [-0.4, -0.2) is 29.1 Å². The van der Waals surface area contributed by atoms with E-state index < -0.39 is 0 Å². The van der Waals surface area contributed by atoms with Gasteiger partial charge in [-0.2, -0.15) is 0 Å². The molecule has 0 aliphatic carbocycles. The average Bonchev–Trinajstić information content (AvgIpc) is 2.55. The van der Waals surface area contributed by atoms with Gasteiger partial charge in [0.2, 0.25) is 0 Å². The molecule has 1 fully saturated rings. The van der Waals surface area contributed by atoms with Gasteiger partial charge in [0.05, 0.1) is 0 Å². The first-order chi connectivity index (χ1) is 11.1. The normalized spacial score (nSPS) is 18.2. The largest absolute Gasteiger partial charge is 0.366 e. The zero-order valence-corrected chi connectivity index (χ0v) is 14.4. The van der Waals surface area contributed by atoms with Gasteiger partial charge in [-0.05, 0) is 37.4 Å². The van der Waals surface area contributed by atoms with E-state index in [1.165, 1.54) is 12.8 Å². The van der Waals surface area contributed by atoms with Crippen molar-refractivity contribution < 1.29 is 0 Å². The molecule has 0 bridgehead atoms. The van der Waals surface area contributed by atoms with Crippen molar-refractivity contribution in [2.24, 2.45) is 0 Å². The molecule has 3 rings (SSSR count). The Morgan fingerprint density at radius 2 is 2.13 bits per heavy atom. The molecule has 2 aromatic rings. The molecule has 1 aliphatic heterocycles. The lowest BCUT2D eigenvalue weighted by Crippen LogP contribution is -2.38. The first-order valence-electron chi connectivity index (χ1n) is 8.24. The van der Waals surface area contributed by atoms with Gasteiger partial charge in [-0.15, -0.1) is 0 Å². The summed E-state index contributed by atoms with van der Waals surface area (Å²) in [6.45, 7) is 6.38. The number of rotatable bonds is 4. The van der Waals surface area contributed by atoms with Crippen LogP contribution in [0.4, 0.5) is 5.82 Å². The Balaban J connectivity index is 1.92. The Morgan fingerprint density at radius 3 is 2.83 bits per heavy atom. The lowest BCUT2D eigenvalue weighted by molar-refractivity contribution is 0.479. The summed E-state index contributed by atoms with van der Waals surface area (Å²) >= 11 is 6.11. The van der Waals surface area contributed by atoms with E-state index in [0.717, 1.165) is 36.0 Å². The molecule has 1 atom stereocenters. The summed E-state index contributed by atoms with van der Waals surface area (Å²) < 4.78 is 0. The third kappa shape index (κ3) is 4.21. The molecule has 4 nitrogen and oxygen atoms in total. The molecule has 1 aromatic carbocycles. The smallest absolute Gasteiger partial charge is 0.161 e. The quantitative estimate of drug-likeness (QED) is 0.886. The van der Waals surface area contributed by atoms with Gasteiger partial charge in [-0.3, -0.25) is 0 Å². The lowest BCUT2D eigenvalue weighted by atomic mass is 10.1. The Bertz CT molecular complexity index is 666. The standard InChI is InChI=1S/C18H23ClN4/c1-12(2)16-10-17(21-15-7-4-8-20-11-15)23-18(22-16)13-5-3-6-14(19)9-13/h3,5-6,9-10,12,15,20H,4,7-8,11H2,1-2H3,(H,21,22,23). The van der Waals surface area contributed by atoms with Crippen LogP contribution in [0.1, 0.15) is 38.3 Å². The van der Waals surface area contributed by atoms with Crippen molar-refractivity contribution in [1.82, 2.24) is 15.3 Å². The topological polar surface area (TPSA) is 49.8 Å². The number of aromatic nitrogens is 2. The van der Waals surface area contributed by atoms with Crippen molar-refractivity contribution >= 4 is 17.4 Å². The molecule has 1 aromatic heterocycles. The van der Waals surface area contributed by atoms with Crippen LogP contribution in [0.15, 0.2) is 30.3 Å². The van der Waals surface area contributed by atoms with Crippen molar-refractivity contribution in [3.63, 3.8) is 0 Å². The van der Waals surface area contributed by atoms with E-state index >= 15 is 0 Å². The maximum atomic E-state index is 6.11. The molecule has 1 saturated heterocycles. The number of nitrogens with zero attached hydrogens (tertiary/aromatic N) is 2. The zero-order valence-electron chi connectivity index (χ0n) is 13.6. The maximum Gasteiger partial charge on any atom is 0.161 e.